The van der Waals surface area contributed by atoms with Crippen molar-refractivity contribution in [1.29, 1.82) is 0 Å². The Kier molecular flexibility index (Phi) is 5.51. The predicted octanol–water partition coefficient (Wildman–Crippen LogP) is 1.69. The summed E-state index contributed by atoms with van der Waals surface area (Å²) >= 11 is 0. The van der Waals surface area contributed by atoms with Gasteiger partial charge >= 0.3 is 6.09 Å². The number of amides is 2. The summed E-state index contributed by atoms with van der Waals surface area (Å²) < 4.78 is 22.4. The molecule has 9 nitrogen and oxygen atoms in total. The van der Waals surface area contributed by atoms with E-state index < -0.39 is 18.2 Å². The maximum atomic E-state index is 12.8. The molecule has 3 heterocycles. The van der Waals surface area contributed by atoms with Crippen LogP contribution in [-0.2, 0) is 20.8 Å². The van der Waals surface area contributed by atoms with Crippen molar-refractivity contribution in [2.45, 2.75) is 50.3 Å². The summed E-state index contributed by atoms with van der Waals surface area (Å²) in [6.45, 7) is 1.15. The third kappa shape index (κ3) is 3.60. The van der Waals surface area contributed by atoms with E-state index in [0.29, 0.717) is 24.7 Å². The standard InChI is InChI=1S/C20H26N2O7/c1-26-13-7-6-12(9-14(13)27-2)10-21-17-15(29-16-5-3-4-8-28-16)11-22(20(24)25)18(17)19(21)23/h6-7,9,15-18H,3-5,8,10-11H2,1-2H3,(H,24,25)/t15-,16-,17+,18-/m0/s1. The molecule has 29 heavy (non-hydrogen) atoms. The van der Waals surface area contributed by atoms with Gasteiger partial charge in [0.1, 0.15) is 12.1 Å². The highest BCUT2D eigenvalue weighted by molar-refractivity contribution is 5.93. The number of ether oxygens (including phenoxy) is 4. The van der Waals surface area contributed by atoms with Gasteiger partial charge in [0.15, 0.2) is 17.8 Å². The average molecular weight is 406 g/mol. The molecule has 1 aromatic rings. The summed E-state index contributed by atoms with van der Waals surface area (Å²) in [6.07, 6.45) is 0.947. The Labute approximate surface area is 169 Å². The lowest BCUT2D eigenvalue weighted by Gasteiger charge is -2.46. The minimum absolute atomic E-state index is 0.165. The molecule has 3 aliphatic heterocycles. The number of carbonyl (C=O) groups is 2. The van der Waals surface area contributed by atoms with Gasteiger partial charge in [-0.1, -0.05) is 6.07 Å². The number of methoxy groups -OCH3 is 2. The molecule has 9 heteroatoms. The maximum absolute atomic E-state index is 12.8. The van der Waals surface area contributed by atoms with E-state index in [2.05, 4.69) is 0 Å². The van der Waals surface area contributed by atoms with E-state index in [1.807, 2.05) is 12.1 Å². The molecule has 0 unspecified atom stereocenters. The smallest absolute Gasteiger partial charge is 0.408 e. The summed E-state index contributed by atoms with van der Waals surface area (Å²) in [4.78, 5) is 27.3. The van der Waals surface area contributed by atoms with Crippen LogP contribution in [0.3, 0.4) is 0 Å². The predicted molar refractivity (Wildman–Crippen MR) is 101 cm³/mol. The Hall–Kier alpha value is -2.52. The van der Waals surface area contributed by atoms with E-state index in [9.17, 15) is 14.7 Å². The SMILES string of the molecule is COc1ccc(CN2C(=O)[C@@H]3[C@H]2[C@@H](O[C@H]2CCCCO2)CN3C(=O)O)cc1OC. The van der Waals surface area contributed by atoms with Crippen LogP contribution in [0.1, 0.15) is 24.8 Å². The molecular weight excluding hydrogens is 380 g/mol. The fraction of sp³-hybridized carbons (Fsp3) is 0.600. The molecule has 0 saturated carbocycles. The van der Waals surface area contributed by atoms with Gasteiger partial charge in [0.2, 0.25) is 5.91 Å². The average Bonchev–Trinajstić information content (AvgIpc) is 3.07. The van der Waals surface area contributed by atoms with Crippen molar-refractivity contribution in [3.05, 3.63) is 23.8 Å². The number of β-lactam (4-membered cyclic amide) rings is 1. The normalized spacial score (nSPS) is 28.7. The first-order valence-electron chi connectivity index (χ1n) is 9.81. The molecular formula is C20H26N2O7. The number of carboxylic acid groups (broad SMARTS) is 1. The van der Waals surface area contributed by atoms with Crippen LogP contribution in [-0.4, -0.2) is 78.8 Å². The Balaban J connectivity index is 1.51. The largest absolute Gasteiger partial charge is 0.493 e. The molecule has 0 radical (unpaired) electrons. The van der Waals surface area contributed by atoms with Gasteiger partial charge in [0, 0.05) is 13.2 Å². The summed E-state index contributed by atoms with van der Waals surface area (Å²) in [5, 5.41) is 9.52. The first kappa shape index (κ1) is 19.8. The van der Waals surface area contributed by atoms with E-state index in [1.165, 1.54) is 4.90 Å². The highest BCUT2D eigenvalue weighted by atomic mass is 16.7. The minimum Gasteiger partial charge on any atom is -0.493 e. The topological polar surface area (TPSA) is 97.8 Å². The van der Waals surface area contributed by atoms with Crippen molar-refractivity contribution >= 4 is 12.0 Å². The first-order chi connectivity index (χ1) is 14.0. The summed E-state index contributed by atoms with van der Waals surface area (Å²) in [7, 11) is 3.12. The highest BCUT2D eigenvalue weighted by Crippen LogP contribution is 2.38. The highest BCUT2D eigenvalue weighted by Gasteiger charge is 2.61. The second-order valence-corrected chi connectivity index (χ2v) is 7.50. The number of fused-ring (bicyclic) bond motifs is 1. The van der Waals surface area contributed by atoms with Crippen molar-refractivity contribution in [3.63, 3.8) is 0 Å². The van der Waals surface area contributed by atoms with Gasteiger partial charge in [-0.05, 0) is 37.0 Å². The van der Waals surface area contributed by atoms with E-state index in [4.69, 9.17) is 18.9 Å². The fourth-order valence-corrected chi connectivity index (χ4v) is 4.38. The zero-order valence-electron chi connectivity index (χ0n) is 16.6. The summed E-state index contributed by atoms with van der Waals surface area (Å²) in [5.41, 5.74) is 0.871. The van der Waals surface area contributed by atoms with Crippen molar-refractivity contribution in [3.8, 4) is 11.5 Å². The number of likely N-dealkylation sites (tertiary alicyclic amines) is 2. The van der Waals surface area contributed by atoms with Gasteiger partial charge in [-0.15, -0.1) is 0 Å². The van der Waals surface area contributed by atoms with Crippen molar-refractivity contribution in [1.82, 2.24) is 9.80 Å². The van der Waals surface area contributed by atoms with Gasteiger partial charge < -0.3 is 29.0 Å². The fourth-order valence-electron chi connectivity index (χ4n) is 4.38. The molecule has 0 spiro atoms. The first-order valence-corrected chi connectivity index (χ1v) is 9.81. The van der Waals surface area contributed by atoms with Crippen molar-refractivity contribution < 1.29 is 33.6 Å². The lowest BCUT2D eigenvalue weighted by atomic mass is 9.93. The number of rotatable bonds is 6. The zero-order chi connectivity index (χ0) is 20.5. The van der Waals surface area contributed by atoms with Gasteiger partial charge in [0.25, 0.3) is 0 Å². The minimum atomic E-state index is -1.10. The number of hydrogen-bond donors (Lipinski definition) is 1. The Morgan fingerprint density at radius 2 is 2.03 bits per heavy atom. The second kappa shape index (κ2) is 8.08. The third-order valence-electron chi connectivity index (χ3n) is 5.82. The van der Waals surface area contributed by atoms with Crippen LogP contribution in [0.4, 0.5) is 4.79 Å². The Morgan fingerprint density at radius 1 is 1.24 bits per heavy atom. The molecule has 0 bridgehead atoms. The van der Waals surface area contributed by atoms with Crippen LogP contribution in [0.2, 0.25) is 0 Å². The molecule has 0 aliphatic carbocycles. The number of carbonyl (C=O) groups excluding carboxylic acids is 1. The number of hydrogen-bond acceptors (Lipinski definition) is 6. The van der Waals surface area contributed by atoms with E-state index in [-0.39, 0.29) is 24.8 Å². The van der Waals surface area contributed by atoms with E-state index in [0.717, 1.165) is 24.8 Å². The molecule has 4 atom stereocenters. The molecule has 3 saturated heterocycles. The van der Waals surface area contributed by atoms with E-state index in [1.54, 1.807) is 25.2 Å². The molecule has 4 rings (SSSR count). The number of benzene rings is 1. The van der Waals surface area contributed by atoms with Crippen LogP contribution in [0.5, 0.6) is 11.5 Å². The van der Waals surface area contributed by atoms with Crippen LogP contribution in [0.15, 0.2) is 18.2 Å². The second-order valence-electron chi connectivity index (χ2n) is 7.50. The molecule has 3 fully saturated rings. The Morgan fingerprint density at radius 3 is 2.69 bits per heavy atom. The van der Waals surface area contributed by atoms with Gasteiger partial charge in [0.05, 0.1) is 26.8 Å². The van der Waals surface area contributed by atoms with Gasteiger partial charge in [-0.25, -0.2) is 4.79 Å². The van der Waals surface area contributed by atoms with Gasteiger partial charge in [-0.2, -0.15) is 0 Å². The monoisotopic (exact) mass is 406 g/mol. The van der Waals surface area contributed by atoms with E-state index >= 15 is 0 Å². The van der Waals surface area contributed by atoms with Crippen LogP contribution in [0.25, 0.3) is 0 Å². The lowest BCUT2D eigenvalue weighted by molar-refractivity contribution is -0.202. The third-order valence-corrected chi connectivity index (χ3v) is 5.82. The molecule has 1 N–H and O–H groups in total. The molecule has 1 aromatic carbocycles. The van der Waals surface area contributed by atoms with Crippen LogP contribution in [0, 0.1) is 0 Å². The zero-order valence-corrected chi connectivity index (χ0v) is 16.6. The van der Waals surface area contributed by atoms with Crippen molar-refractivity contribution in [2.75, 3.05) is 27.4 Å². The van der Waals surface area contributed by atoms with Crippen LogP contribution < -0.4 is 9.47 Å². The molecule has 3 aliphatic rings. The lowest BCUT2D eigenvalue weighted by Crippen LogP contribution is -2.68. The van der Waals surface area contributed by atoms with Crippen LogP contribution >= 0.6 is 0 Å². The van der Waals surface area contributed by atoms with Gasteiger partial charge in [-0.3, -0.25) is 9.69 Å². The Bertz CT molecular complexity index is 780. The summed E-state index contributed by atoms with van der Waals surface area (Å²) in [6, 6.07) is 4.46. The molecule has 158 valence electrons. The molecule has 2 amide bonds. The maximum Gasteiger partial charge on any atom is 0.408 e. The number of nitrogens with zero attached hydrogens (tertiary/aromatic N) is 2. The van der Waals surface area contributed by atoms with Crippen molar-refractivity contribution in [2.24, 2.45) is 0 Å². The molecule has 0 aromatic heterocycles. The summed E-state index contributed by atoms with van der Waals surface area (Å²) in [5.74, 6) is 0.983. The quantitative estimate of drug-likeness (QED) is 0.718.